The van der Waals surface area contributed by atoms with Crippen LogP contribution in [0.2, 0.25) is 0 Å². The van der Waals surface area contributed by atoms with E-state index in [4.69, 9.17) is 0 Å². The minimum absolute atomic E-state index is 1.03. The van der Waals surface area contributed by atoms with Crippen LogP contribution in [0.15, 0.2) is 52.4 Å². The van der Waals surface area contributed by atoms with E-state index in [1.807, 2.05) is 11.6 Å². The van der Waals surface area contributed by atoms with Crippen molar-refractivity contribution in [2.24, 2.45) is 0 Å². The third-order valence-electron chi connectivity index (χ3n) is 3.28. The Morgan fingerprint density at radius 1 is 1.05 bits per heavy atom. The Bertz CT molecular complexity index is 878. The molecule has 0 radical (unpaired) electrons. The van der Waals surface area contributed by atoms with Crippen molar-refractivity contribution < 1.29 is 0 Å². The number of aromatic amines is 1. The lowest BCUT2D eigenvalue weighted by molar-refractivity contribution is 1.41. The second-order valence-electron chi connectivity index (χ2n) is 4.35. The average molecular weight is 329 g/mol. The van der Waals surface area contributed by atoms with Gasteiger partial charge in [-0.05, 0) is 28.1 Å². The smallest absolute Gasteiger partial charge is 0.126 e. The normalized spacial score (nSPS) is 11.4. The Balaban J connectivity index is 2.20. The van der Waals surface area contributed by atoms with Crippen LogP contribution in [-0.2, 0) is 0 Å². The fraction of sp³-hybridized carbons (Fsp3) is 0. The first-order valence-corrected chi connectivity index (χ1v) is 7.60. The molecule has 0 aliphatic rings. The number of nitrogens with zero attached hydrogens (tertiary/aromatic N) is 1. The molecule has 0 fully saturated rings. The Labute approximate surface area is 122 Å². The maximum Gasteiger partial charge on any atom is 0.126 e. The van der Waals surface area contributed by atoms with E-state index in [0.717, 1.165) is 26.1 Å². The predicted molar refractivity (Wildman–Crippen MR) is 84.6 cm³/mol. The molecule has 0 spiro atoms. The second-order valence-corrected chi connectivity index (χ2v) is 6.10. The van der Waals surface area contributed by atoms with Crippen LogP contribution in [-0.4, -0.2) is 9.97 Å². The molecule has 4 heteroatoms. The average Bonchev–Trinajstić information content (AvgIpc) is 3.05. The van der Waals surface area contributed by atoms with E-state index in [0.29, 0.717) is 0 Å². The van der Waals surface area contributed by atoms with Crippen molar-refractivity contribution in [1.82, 2.24) is 9.97 Å². The van der Waals surface area contributed by atoms with Crippen LogP contribution in [0.25, 0.3) is 32.4 Å². The molecule has 2 nitrogen and oxygen atoms in total. The van der Waals surface area contributed by atoms with E-state index >= 15 is 0 Å². The summed E-state index contributed by atoms with van der Waals surface area (Å²) in [6.45, 7) is 0. The van der Waals surface area contributed by atoms with Gasteiger partial charge in [0, 0.05) is 37.9 Å². The number of para-hydroxylation sites is 1. The van der Waals surface area contributed by atoms with E-state index in [1.165, 1.54) is 10.8 Å². The van der Waals surface area contributed by atoms with Gasteiger partial charge in [0.05, 0.1) is 5.52 Å². The zero-order chi connectivity index (χ0) is 12.8. The van der Waals surface area contributed by atoms with Gasteiger partial charge in [-0.1, -0.05) is 24.3 Å². The number of H-pyrrole nitrogens is 1. The number of aromatic nitrogens is 2. The van der Waals surface area contributed by atoms with Crippen LogP contribution >= 0.6 is 27.3 Å². The molecule has 2 aromatic heterocycles. The first-order valence-electron chi connectivity index (χ1n) is 5.93. The minimum Gasteiger partial charge on any atom is -0.354 e. The van der Waals surface area contributed by atoms with Gasteiger partial charge in [-0.15, -0.1) is 11.3 Å². The number of hydrogen-bond acceptors (Lipinski definition) is 2. The number of thiazole rings is 1. The molecule has 92 valence electrons. The first kappa shape index (κ1) is 11.2. The van der Waals surface area contributed by atoms with E-state index in [-0.39, 0.29) is 0 Å². The molecular formula is C15H9BrN2S. The maximum absolute atomic E-state index is 4.44. The highest BCUT2D eigenvalue weighted by atomic mass is 79.9. The van der Waals surface area contributed by atoms with Gasteiger partial charge in [0.25, 0.3) is 0 Å². The molecule has 2 heterocycles. The number of hydrogen-bond donors (Lipinski definition) is 1. The van der Waals surface area contributed by atoms with Gasteiger partial charge in [-0.25, -0.2) is 4.98 Å². The van der Waals surface area contributed by atoms with Crippen molar-refractivity contribution in [2.75, 3.05) is 0 Å². The van der Waals surface area contributed by atoms with E-state index < -0.39 is 0 Å². The monoisotopic (exact) mass is 328 g/mol. The van der Waals surface area contributed by atoms with Crippen LogP contribution in [0.4, 0.5) is 0 Å². The highest BCUT2D eigenvalue weighted by molar-refractivity contribution is 9.10. The van der Waals surface area contributed by atoms with Gasteiger partial charge >= 0.3 is 0 Å². The van der Waals surface area contributed by atoms with E-state index in [2.05, 4.69) is 62.3 Å². The Hall–Kier alpha value is -1.65. The van der Waals surface area contributed by atoms with Crippen LogP contribution < -0.4 is 0 Å². The van der Waals surface area contributed by atoms with Gasteiger partial charge in [0.15, 0.2) is 0 Å². The third-order valence-corrected chi connectivity index (χ3v) is 4.73. The molecule has 0 saturated carbocycles. The third kappa shape index (κ3) is 1.64. The summed E-state index contributed by atoms with van der Waals surface area (Å²) in [6.07, 6.45) is 1.84. The lowest BCUT2D eigenvalue weighted by Gasteiger charge is -2.02. The van der Waals surface area contributed by atoms with Crippen LogP contribution in [0.1, 0.15) is 0 Å². The van der Waals surface area contributed by atoms with Gasteiger partial charge in [0.2, 0.25) is 0 Å². The number of halogens is 1. The molecule has 0 aliphatic carbocycles. The quantitative estimate of drug-likeness (QED) is 0.510. The fourth-order valence-electron chi connectivity index (χ4n) is 2.45. The van der Waals surface area contributed by atoms with Crippen molar-refractivity contribution in [2.45, 2.75) is 0 Å². The topological polar surface area (TPSA) is 28.7 Å². The summed E-state index contributed by atoms with van der Waals surface area (Å²) in [5.41, 5.74) is 3.45. The van der Waals surface area contributed by atoms with Gasteiger partial charge in [0.1, 0.15) is 5.01 Å². The van der Waals surface area contributed by atoms with E-state index in [9.17, 15) is 0 Å². The zero-order valence-electron chi connectivity index (χ0n) is 9.85. The summed E-state index contributed by atoms with van der Waals surface area (Å²) in [6, 6.07) is 12.6. The maximum atomic E-state index is 4.44. The van der Waals surface area contributed by atoms with E-state index in [1.54, 1.807) is 11.3 Å². The van der Waals surface area contributed by atoms with Crippen molar-refractivity contribution in [3.05, 3.63) is 52.4 Å². The number of benzene rings is 2. The Morgan fingerprint density at radius 3 is 2.79 bits per heavy atom. The summed E-state index contributed by atoms with van der Waals surface area (Å²) in [5.74, 6) is 0. The highest BCUT2D eigenvalue weighted by Gasteiger charge is 2.14. The molecule has 0 amide bonds. The zero-order valence-corrected chi connectivity index (χ0v) is 12.3. The molecule has 4 aromatic rings. The molecule has 2 aromatic carbocycles. The first-order chi connectivity index (χ1) is 9.34. The van der Waals surface area contributed by atoms with Crippen molar-refractivity contribution in [3.63, 3.8) is 0 Å². The van der Waals surface area contributed by atoms with Crippen molar-refractivity contribution in [1.29, 1.82) is 0 Å². The standard InChI is InChI=1S/C15H9BrN2S/c16-11-6-5-10-9-3-1-2-4-12(9)18-14(10)13(11)15-17-7-8-19-15/h1-8,18H. The molecule has 1 N–H and O–H groups in total. The van der Waals surface area contributed by atoms with Crippen LogP contribution in [0.3, 0.4) is 0 Å². The molecule has 0 bridgehead atoms. The molecule has 0 atom stereocenters. The molecule has 0 aliphatic heterocycles. The molecule has 0 unspecified atom stereocenters. The molecule has 4 rings (SSSR count). The lowest BCUT2D eigenvalue weighted by Crippen LogP contribution is -1.81. The molecular weight excluding hydrogens is 320 g/mol. The lowest BCUT2D eigenvalue weighted by atomic mass is 10.1. The summed E-state index contributed by atoms with van der Waals surface area (Å²) in [5, 5.41) is 5.53. The fourth-order valence-corrected chi connectivity index (χ4v) is 3.80. The highest BCUT2D eigenvalue weighted by Crippen LogP contribution is 2.38. The predicted octanol–water partition coefficient (Wildman–Crippen LogP) is 5.21. The summed E-state index contributed by atoms with van der Waals surface area (Å²) in [4.78, 5) is 7.95. The van der Waals surface area contributed by atoms with Gasteiger partial charge < -0.3 is 4.98 Å². The molecule has 0 saturated heterocycles. The van der Waals surface area contributed by atoms with Gasteiger partial charge in [-0.2, -0.15) is 0 Å². The largest absolute Gasteiger partial charge is 0.354 e. The van der Waals surface area contributed by atoms with Gasteiger partial charge in [-0.3, -0.25) is 0 Å². The Kier molecular flexibility index (Phi) is 2.47. The summed E-state index contributed by atoms with van der Waals surface area (Å²) >= 11 is 5.30. The Morgan fingerprint density at radius 2 is 1.95 bits per heavy atom. The summed E-state index contributed by atoms with van der Waals surface area (Å²) < 4.78 is 1.07. The number of nitrogens with one attached hydrogen (secondary N) is 1. The van der Waals surface area contributed by atoms with Crippen LogP contribution in [0, 0.1) is 0 Å². The van der Waals surface area contributed by atoms with Crippen LogP contribution in [0.5, 0.6) is 0 Å². The molecule has 19 heavy (non-hydrogen) atoms. The number of fused-ring (bicyclic) bond motifs is 3. The van der Waals surface area contributed by atoms with Crippen molar-refractivity contribution >= 4 is 49.1 Å². The van der Waals surface area contributed by atoms with Crippen molar-refractivity contribution in [3.8, 4) is 10.6 Å². The summed E-state index contributed by atoms with van der Waals surface area (Å²) in [7, 11) is 0. The number of rotatable bonds is 1. The second kappa shape index (κ2) is 4.18. The SMILES string of the molecule is Brc1ccc2c([nH]c3ccccc32)c1-c1nccs1. The minimum atomic E-state index is 1.03.